The summed E-state index contributed by atoms with van der Waals surface area (Å²) in [7, 11) is 2.01. The van der Waals surface area contributed by atoms with Gasteiger partial charge in [0.1, 0.15) is 0 Å². The van der Waals surface area contributed by atoms with Gasteiger partial charge in [0.05, 0.1) is 12.5 Å². The second kappa shape index (κ2) is 5.22. The molecular weight excluding hydrogens is 210 g/mol. The smallest absolute Gasteiger partial charge is 0.0669 e. The van der Waals surface area contributed by atoms with Crippen LogP contribution in [0.5, 0.6) is 0 Å². The minimum absolute atomic E-state index is 0.471. The summed E-state index contributed by atoms with van der Waals surface area (Å²) in [4.78, 5) is 0. The third kappa shape index (κ3) is 3.12. The highest BCUT2D eigenvalue weighted by Gasteiger charge is 1.96. The van der Waals surface area contributed by atoms with Gasteiger partial charge in [-0.1, -0.05) is 12.1 Å². The number of anilines is 1. The Morgan fingerprint density at radius 1 is 1.18 bits per heavy atom. The van der Waals surface area contributed by atoms with E-state index in [4.69, 9.17) is 5.26 Å². The molecule has 0 radical (unpaired) electrons. The zero-order chi connectivity index (χ0) is 12.1. The van der Waals surface area contributed by atoms with Gasteiger partial charge in [-0.05, 0) is 29.3 Å². The Hall–Kier alpha value is -2.21. The van der Waals surface area contributed by atoms with E-state index in [1.54, 1.807) is 0 Å². The van der Waals surface area contributed by atoms with Crippen LogP contribution in [0.15, 0.2) is 42.7 Å². The molecule has 1 aromatic heterocycles. The zero-order valence-electron chi connectivity index (χ0n) is 9.85. The van der Waals surface area contributed by atoms with Crippen LogP contribution in [-0.4, -0.2) is 4.57 Å². The second-order valence-electron chi connectivity index (χ2n) is 4.07. The second-order valence-corrected chi connectivity index (χ2v) is 4.07. The summed E-state index contributed by atoms with van der Waals surface area (Å²) in [5.41, 5.74) is 3.39. The fraction of sp³-hybridized carbons (Fsp3) is 0.214. The quantitative estimate of drug-likeness (QED) is 0.869. The van der Waals surface area contributed by atoms with Crippen molar-refractivity contribution < 1.29 is 0 Å². The first kappa shape index (κ1) is 11.3. The maximum absolute atomic E-state index is 8.58. The van der Waals surface area contributed by atoms with Crippen molar-refractivity contribution in [3.8, 4) is 6.07 Å². The Kier molecular flexibility index (Phi) is 3.46. The van der Waals surface area contributed by atoms with Crippen LogP contribution in [0.1, 0.15) is 11.1 Å². The van der Waals surface area contributed by atoms with Gasteiger partial charge in [-0.3, -0.25) is 0 Å². The number of hydrogen-bond acceptors (Lipinski definition) is 2. The first-order chi connectivity index (χ1) is 8.28. The van der Waals surface area contributed by atoms with E-state index < -0.39 is 0 Å². The van der Waals surface area contributed by atoms with Crippen molar-refractivity contribution in [1.29, 1.82) is 5.26 Å². The highest BCUT2D eigenvalue weighted by atomic mass is 14.9. The van der Waals surface area contributed by atoms with Crippen LogP contribution in [0, 0.1) is 11.3 Å². The van der Waals surface area contributed by atoms with E-state index in [-0.39, 0.29) is 0 Å². The molecule has 86 valence electrons. The third-order valence-electron chi connectivity index (χ3n) is 2.63. The van der Waals surface area contributed by atoms with Gasteiger partial charge in [0.2, 0.25) is 0 Å². The molecule has 1 aromatic carbocycles. The molecule has 0 unspecified atom stereocenters. The summed E-state index contributed by atoms with van der Waals surface area (Å²) in [6, 6.07) is 12.2. The highest BCUT2D eigenvalue weighted by molar-refractivity contribution is 5.45. The molecule has 0 saturated carbocycles. The standard InChI is InChI=1S/C14H15N3/c1-17-9-7-13(11-17)10-16-14-4-2-12(3-5-14)6-8-15/h2-5,7,9,11,16H,6,10H2,1H3. The summed E-state index contributed by atoms with van der Waals surface area (Å²) < 4.78 is 2.03. The van der Waals surface area contributed by atoms with Crippen molar-refractivity contribution in [3.63, 3.8) is 0 Å². The average molecular weight is 225 g/mol. The molecule has 0 spiro atoms. The van der Waals surface area contributed by atoms with Crippen LogP contribution in [0.4, 0.5) is 5.69 Å². The topological polar surface area (TPSA) is 40.8 Å². The molecule has 3 nitrogen and oxygen atoms in total. The lowest BCUT2D eigenvalue weighted by Crippen LogP contribution is -1.98. The molecule has 1 N–H and O–H groups in total. The van der Waals surface area contributed by atoms with Gasteiger partial charge >= 0.3 is 0 Å². The molecule has 0 aliphatic heterocycles. The van der Waals surface area contributed by atoms with Gasteiger partial charge in [0.15, 0.2) is 0 Å². The molecule has 0 bridgehead atoms. The van der Waals surface area contributed by atoms with Crippen molar-refractivity contribution >= 4 is 5.69 Å². The fourth-order valence-electron chi connectivity index (χ4n) is 1.70. The molecule has 0 aliphatic rings. The SMILES string of the molecule is Cn1ccc(CNc2ccc(CC#N)cc2)c1. The van der Waals surface area contributed by atoms with E-state index in [1.807, 2.05) is 42.1 Å². The van der Waals surface area contributed by atoms with E-state index in [9.17, 15) is 0 Å². The number of hydrogen-bond donors (Lipinski definition) is 1. The molecule has 17 heavy (non-hydrogen) atoms. The molecule has 0 fully saturated rings. The monoisotopic (exact) mass is 225 g/mol. The molecule has 0 saturated heterocycles. The lowest BCUT2D eigenvalue weighted by molar-refractivity contribution is 0.920. The maximum Gasteiger partial charge on any atom is 0.0669 e. The van der Waals surface area contributed by atoms with Crippen molar-refractivity contribution in [2.75, 3.05) is 5.32 Å². The van der Waals surface area contributed by atoms with Crippen molar-refractivity contribution in [3.05, 3.63) is 53.9 Å². The van der Waals surface area contributed by atoms with E-state index in [0.29, 0.717) is 6.42 Å². The van der Waals surface area contributed by atoms with Gasteiger partial charge in [-0.2, -0.15) is 5.26 Å². The van der Waals surface area contributed by atoms with Gasteiger partial charge < -0.3 is 9.88 Å². The van der Waals surface area contributed by atoms with E-state index in [0.717, 1.165) is 17.8 Å². The molecule has 0 amide bonds. The lowest BCUT2D eigenvalue weighted by atomic mass is 10.1. The summed E-state index contributed by atoms with van der Waals surface area (Å²) in [6.45, 7) is 0.818. The summed E-state index contributed by atoms with van der Waals surface area (Å²) in [5, 5.41) is 11.9. The van der Waals surface area contributed by atoms with Crippen molar-refractivity contribution in [1.82, 2.24) is 4.57 Å². The minimum atomic E-state index is 0.471. The molecular formula is C14H15N3. The van der Waals surface area contributed by atoms with Crippen LogP contribution in [0.3, 0.4) is 0 Å². The third-order valence-corrected chi connectivity index (χ3v) is 2.63. The van der Waals surface area contributed by atoms with Crippen LogP contribution >= 0.6 is 0 Å². The number of benzene rings is 1. The Balaban J connectivity index is 1.93. The highest BCUT2D eigenvalue weighted by Crippen LogP contribution is 2.11. The normalized spacial score (nSPS) is 9.88. The number of aryl methyl sites for hydroxylation is 1. The Bertz CT molecular complexity index is 517. The summed E-state index contributed by atoms with van der Waals surface area (Å²) >= 11 is 0. The number of aromatic nitrogens is 1. The van der Waals surface area contributed by atoms with Crippen molar-refractivity contribution in [2.45, 2.75) is 13.0 Å². The minimum Gasteiger partial charge on any atom is -0.381 e. The van der Waals surface area contributed by atoms with Crippen LogP contribution in [0.2, 0.25) is 0 Å². The fourth-order valence-corrected chi connectivity index (χ4v) is 1.70. The molecule has 1 heterocycles. The van der Waals surface area contributed by atoms with Gasteiger partial charge in [0.25, 0.3) is 0 Å². The van der Waals surface area contributed by atoms with Crippen LogP contribution in [-0.2, 0) is 20.0 Å². The molecule has 2 aromatic rings. The van der Waals surface area contributed by atoms with Gasteiger partial charge in [-0.15, -0.1) is 0 Å². The largest absolute Gasteiger partial charge is 0.381 e. The number of nitrogens with one attached hydrogen (secondary N) is 1. The van der Waals surface area contributed by atoms with Gasteiger partial charge in [-0.25, -0.2) is 0 Å². The molecule has 0 atom stereocenters. The van der Waals surface area contributed by atoms with Crippen LogP contribution in [0.25, 0.3) is 0 Å². The first-order valence-corrected chi connectivity index (χ1v) is 5.58. The predicted octanol–water partition coefficient (Wildman–Crippen LogP) is 2.70. The van der Waals surface area contributed by atoms with Crippen molar-refractivity contribution in [2.24, 2.45) is 7.05 Å². The van der Waals surface area contributed by atoms with E-state index in [1.165, 1.54) is 5.56 Å². The Morgan fingerprint density at radius 2 is 1.94 bits per heavy atom. The maximum atomic E-state index is 8.58. The van der Waals surface area contributed by atoms with Crippen LogP contribution < -0.4 is 5.32 Å². The van der Waals surface area contributed by atoms with E-state index in [2.05, 4.69) is 23.6 Å². The zero-order valence-corrected chi connectivity index (χ0v) is 9.85. The molecule has 3 heteroatoms. The number of rotatable bonds is 4. The predicted molar refractivity (Wildman–Crippen MR) is 68.5 cm³/mol. The summed E-state index contributed by atoms with van der Waals surface area (Å²) in [5.74, 6) is 0. The van der Waals surface area contributed by atoms with Gasteiger partial charge in [0, 0.05) is 31.7 Å². The molecule has 0 aliphatic carbocycles. The molecule has 2 rings (SSSR count). The summed E-state index contributed by atoms with van der Waals surface area (Å²) in [6.07, 6.45) is 4.60. The number of nitriles is 1. The first-order valence-electron chi connectivity index (χ1n) is 5.58. The number of nitrogens with zero attached hydrogens (tertiary/aromatic N) is 2. The Morgan fingerprint density at radius 3 is 2.53 bits per heavy atom. The Labute approximate surface area is 101 Å². The average Bonchev–Trinajstić information content (AvgIpc) is 2.75. The van der Waals surface area contributed by atoms with E-state index >= 15 is 0 Å². The lowest BCUT2D eigenvalue weighted by Gasteiger charge is -2.05.